The molecule has 3 rings (SSSR count). The summed E-state index contributed by atoms with van der Waals surface area (Å²) in [6.45, 7) is 4.99. The van der Waals surface area contributed by atoms with E-state index in [0.29, 0.717) is 18.0 Å². The summed E-state index contributed by atoms with van der Waals surface area (Å²) in [6.07, 6.45) is 2.57. The smallest absolute Gasteiger partial charge is 0.246 e. The van der Waals surface area contributed by atoms with Crippen LogP contribution in [-0.2, 0) is 4.79 Å². The van der Waals surface area contributed by atoms with Gasteiger partial charge in [0.2, 0.25) is 11.7 Å². The first-order valence-corrected chi connectivity index (χ1v) is 7.04. The van der Waals surface area contributed by atoms with Gasteiger partial charge in [-0.3, -0.25) is 4.79 Å². The van der Waals surface area contributed by atoms with Crippen molar-refractivity contribution in [2.24, 2.45) is 5.92 Å². The molecule has 20 heavy (non-hydrogen) atoms. The fourth-order valence-electron chi connectivity index (χ4n) is 2.22. The average molecular weight is 276 g/mol. The van der Waals surface area contributed by atoms with Crippen LogP contribution in [0.4, 0.5) is 5.69 Å². The molecule has 1 aromatic rings. The van der Waals surface area contributed by atoms with E-state index in [9.17, 15) is 4.79 Å². The molecule has 1 saturated carbocycles. The number of hydrogen-bond acceptors (Lipinski definition) is 4. The van der Waals surface area contributed by atoms with Crippen LogP contribution in [0.3, 0.4) is 0 Å². The van der Waals surface area contributed by atoms with Gasteiger partial charge in [0.15, 0.2) is 11.5 Å². The highest BCUT2D eigenvalue weighted by Crippen LogP contribution is 2.40. The zero-order chi connectivity index (χ0) is 14.2. The number of hydrogen-bond donors (Lipinski definition) is 2. The Bertz CT molecular complexity index is 524. The lowest BCUT2D eigenvalue weighted by Gasteiger charge is -2.16. The maximum Gasteiger partial charge on any atom is 0.246 e. The van der Waals surface area contributed by atoms with Crippen molar-refractivity contribution in [3.05, 3.63) is 18.2 Å². The Kier molecular flexibility index (Phi) is 3.30. The second-order valence-corrected chi connectivity index (χ2v) is 5.89. The fourth-order valence-corrected chi connectivity index (χ4v) is 2.22. The number of nitrogens with one attached hydrogen (secondary N) is 2. The molecule has 0 atom stereocenters. The third-order valence-electron chi connectivity index (χ3n) is 3.35. The van der Waals surface area contributed by atoms with E-state index in [2.05, 4.69) is 10.6 Å². The van der Waals surface area contributed by atoms with Gasteiger partial charge in [-0.05, 0) is 37.4 Å². The lowest BCUT2D eigenvalue weighted by molar-refractivity contribution is -0.115. The summed E-state index contributed by atoms with van der Waals surface area (Å²) in [4.78, 5) is 11.8. The van der Waals surface area contributed by atoms with Crippen LogP contribution in [0.15, 0.2) is 18.2 Å². The molecule has 0 saturated heterocycles. The highest BCUT2D eigenvalue weighted by Gasteiger charge is 2.31. The van der Waals surface area contributed by atoms with Gasteiger partial charge < -0.3 is 20.1 Å². The van der Waals surface area contributed by atoms with E-state index in [1.54, 1.807) is 6.07 Å². The van der Waals surface area contributed by atoms with Crippen LogP contribution in [0.1, 0.15) is 26.7 Å². The van der Waals surface area contributed by atoms with Crippen molar-refractivity contribution in [3.63, 3.8) is 0 Å². The maximum absolute atomic E-state index is 11.8. The Balaban J connectivity index is 1.54. The zero-order valence-corrected chi connectivity index (χ0v) is 11.9. The van der Waals surface area contributed by atoms with Crippen LogP contribution in [0.5, 0.6) is 11.5 Å². The zero-order valence-electron chi connectivity index (χ0n) is 11.9. The van der Waals surface area contributed by atoms with Gasteiger partial charge >= 0.3 is 0 Å². The third-order valence-corrected chi connectivity index (χ3v) is 3.35. The predicted octanol–water partition coefficient (Wildman–Crippen LogP) is 2.13. The maximum atomic E-state index is 11.8. The molecular weight excluding hydrogens is 256 g/mol. The number of anilines is 1. The number of amides is 1. The fraction of sp³-hybridized carbons (Fsp3) is 0.533. The summed E-state index contributed by atoms with van der Waals surface area (Å²) < 4.78 is 11.3. The number of ether oxygens (including phenoxy) is 2. The van der Waals surface area contributed by atoms with E-state index in [1.807, 2.05) is 26.0 Å². The summed E-state index contributed by atoms with van der Waals surface area (Å²) in [5.41, 5.74) is 0.725. The molecule has 2 N–H and O–H groups in total. The SMILES string of the molecule is CC1(C)Oc2ccc(NC(=O)CNCC3CC3)cc2O1. The van der Waals surface area contributed by atoms with Crippen LogP contribution in [0, 0.1) is 5.92 Å². The molecule has 1 fully saturated rings. The molecule has 1 aliphatic carbocycles. The van der Waals surface area contributed by atoms with Crippen LogP contribution in [-0.4, -0.2) is 24.8 Å². The van der Waals surface area contributed by atoms with Crippen molar-refractivity contribution in [2.45, 2.75) is 32.5 Å². The summed E-state index contributed by atoms with van der Waals surface area (Å²) in [6, 6.07) is 5.43. The second kappa shape index (κ2) is 4.98. The average Bonchev–Trinajstić information content (AvgIpc) is 3.10. The Labute approximate surface area is 118 Å². The quantitative estimate of drug-likeness (QED) is 0.865. The van der Waals surface area contributed by atoms with Crippen LogP contribution in [0.25, 0.3) is 0 Å². The first-order valence-electron chi connectivity index (χ1n) is 7.04. The minimum absolute atomic E-state index is 0.0382. The van der Waals surface area contributed by atoms with Gasteiger partial charge in [0.1, 0.15) is 0 Å². The summed E-state index contributed by atoms with van der Waals surface area (Å²) in [5, 5.41) is 6.02. The summed E-state index contributed by atoms with van der Waals surface area (Å²) in [7, 11) is 0. The number of benzene rings is 1. The van der Waals surface area contributed by atoms with Crippen LogP contribution in [0.2, 0.25) is 0 Å². The van der Waals surface area contributed by atoms with E-state index in [4.69, 9.17) is 9.47 Å². The van der Waals surface area contributed by atoms with Gasteiger partial charge in [-0.1, -0.05) is 0 Å². The number of carbonyl (C=O) groups excluding carboxylic acids is 1. The first kappa shape index (κ1) is 13.2. The van der Waals surface area contributed by atoms with E-state index < -0.39 is 5.79 Å². The minimum Gasteiger partial charge on any atom is -0.449 e. The standard InChI is InChI=1S/C15H20N2O3/c1-15(2)19-12-6-5-11(7-13(12)20-15)17-14(18)9-16-8-10-3-4-10/h5-7,10,16H,3-4,8-9H2,1-2H3,(H,17,18). The molecule has 1 amide bonds. The van der Waals surface area contributed by atoms with E-state index in [-0.39, 0.29) is 5.91 Å². The molecule has 5 nitrogen and oxygen atoms in total. The van der Waals surface area contributed by atoms with Gasteiger partial charge in [0, 0.05) is 25.6 Å². The van der Waals surface area contributed by atoms with Gasteiger partial charge in [0.05, 0.1) is 6.54 Å². The molecule has 0 aromatic heterocycles. The molecular formula is C15H20N2O3. The van der Waals surface area contributed by atoms with E-state index >= 15 is 0 Å². The Morgan fingerprint density at radius 3 is 2.80 bits per heavy atom. The highest BCUT2D eigenvalue weighted by molar-refractivity contribution is 5.92. The van der Waals surface area contributed by atoms with Crippen molar-refractivity contribution < 1.29 is 14.3 Å². The van der Waals surface area contributed by atoms with Gasteiger partial charge in [-0.2, -0.15) is 0 Å². The van der Waals surface area contributed by atoms with Crippen LogP contribution >= 0.6 is 0 Å². The third kappa shape index (κ3) is 3.22. The van der Waals surface area contributed by atoms with Gasteiger partial charge in [0.25, 0.3) is 0 Å². The topological polar surface area (TPSA) is 59.6 Å². The highest BCUT2D eigenvalue weighted by atomic mass is 16.7. The van der Waals surface area contributed by atoms with Crippen molar-refractivity contribution in [1.82, 2.24) is 5.32 Å². The Hall–Kier alpha value is -1.75. The summed E-state index contributed by atoms with van der Waals surface area (Å²) >= 11 is 0. The number of rotatable bonds is 5. The first-order chi connectivity index (χ1) is 9.52. The monoisotopic (exact) mass is 276 g/mol. The second-order valence-electron chi connectivity index (χ2n) is 5.89. The largest absolute Gasteiger partial charge is 0.449 e. The number of fused-ring (bicyclic) bond motifs is 1. The predicted molar refractivity (Wildman–Crippen MR) is 76.0 cm³/mol. The molecule has 0 bridgehead atoms. The van der Waals surface area contributed by atoms with Crippen molar-refractivity contribution >= 4 is 11.6 Å². The van der Waals surface area contributed by atoms with Gasteiger partial charge in [-0.25, -0.2) is 0 Å². The van der Waals surface area contributed by atoms with Crippen LogP contribution < -0.4 is 20.1 Å². The molecule has 0 spiro atoms. The van der Waals surface area contributed by atoms with E-state index in [0.717, 1.165) is 18.2 Å². The minimum atomic E-state index is -0.642. The van der Waals surface area contributed by atoms with Gasteiger partial charge in [-0.15, -0.1) is 0 Å². The number of carbonyl (C=O) groups is 1. The van der Waals surface area contributed by atoms with Crippen molar-refractivity contribution in [2.75, 3.05) is 18.4 Å². The van der Waals surface area contributed by atoms with Crippen molar-refractivity contribution in [1.29, 1.82) is 0 Å². The molecule has 5 heteroatoms. The summed E-state index contributed by atoms with van der Waals surface area (Å²) in [5.74, 6) is 1.47. The molecule has 0 unspecified atom stereocenters. The molecule has 1 aliphatic heterocycles. The molecule has 1 heterocycles. The molecule has 2 aliphatic rings. The Morgan fingerprint density at radius 2 is 2.05 bits per heavy atom. The Morgan fingerprint density at radius 1 is 1.30 bits per heavy atom. The van der Waals surface area contributed by atoms with E-state index in [1.165, 1.54) is 12.8 Å². The normalized spacial score (nSPS) is 18.9. The lowest BCUT2D eigenvalue weighted by Crippen LogP contribution is -2.29. The molecule has 108 valence electrons. The lowest BCUT2D eigenvalue weighted by atomic mass is 10.3. The van der Waals surface area contributed by atoms with Crippen molar-refractivity contribution in [3.8, 4) is 11.5 Å². The molecule has 0 radical (unpaired) electrons. The molecule has 1 aromatic carbocycles.